The maximum absolute atomic E-state index is 10.3. The van der Waals surface area contributed by atoms with E-state index in [0.717, 1.165) is 16.6 Å². The molecule has 1 atom stereocenters. The van der Waals surface area contributed by atoms with E-state index in [2.05, 4.69) is 4.98 Å². The maximum atomic E-state index is 10.3. The Hall–Kier alpha value is -2.17. The summed E-state index contributed by atoms with van der Waals surface area (Å²) in [6.45, 7) is 0.233. The highest BCUT2D eigenvalue weighted by Gasteiger charge is 2.14. The summed E-state index contributed by atoms with van der Waals surface area (Å²) >= 11 is 0. The van der Waals surface area contributed by atoms with Crippen molar-refractivity contribution in [3.8, 4) is 0 Å². The molecule has 0 unspecified atom stereocenters. The minimum Gasteiger partial charge on any atom is -0.388 e. The zero-order valence-electron chi connectivity index (χ0n) is 11.0. The van der Waals surface area contributed by atoms with Crippen LogP contribution >= 0.6 is 0 Å². The largest absolute Gasteiger partial charge is 0.388 e. The quantitative estimate of drug-likeness (QED) is 0.763. The normalized spacial score (nSPS) is 12.7. The first-order valence-electron chi connectivity index (χ1n) is 6.57. The van der Waals surface area contributed by atoms with Crippen LogP contribution in [0.3, 0.4) is 0 Å². The molecule has 0 bridgehead atoms. The van der Waals surface area contributed by atoms with E-state index in [1.165, 1.54) is 0 Å². The average Bonchev–Trinajstić information content (AvgIpc) is 2.86. The Bertz CT molecular complexity index is 707. The van der Waals surface area contributed by atoms with Gasteiger partial charge in [-0.2, -0.15) is 0 Å². The summed E-state index contributed by atoms with van der Waals surface area (Å²) in [5.41, 5.74) is 2.61. The van der Waals surface area contributed by atoms with E-state index in [1.807, 2.05) is 59.2 Å². The molecule has 2 aromatic carbocycles. The molecule has 3 rings (SSSR count). The third kappa shape index (κ3) is 2.31. The number of hydrogen-bond acceptors (Lipinski definition) is 3. The van der Waals surface area contributed by atoms with Gasteiger partial charge in [0.25, 0.3) is 0 Å². The van der Waals surface area contributed by atoms with E-state index < -0.39 is 6.10 Å². The van der Waals surface area contributed by atoms with E-state index in [1.54, 1.807) is 0 Å². The summed E-state index contributed by atoms with van der Waals surface area (Å²) in [4.78, 5) is 4.38. The standard InChI is InChI=1S/C16H16N2O2/c19-11-16-17-13-8-4-5-9-14(13)18(16)10-15(20)12-6-2-1-3-7-12/h1-9,15,19-20H,10-11H2/t15-/m1/s1. The van der Waals surface area contributed by atoms with Crippen LogP contribution in [0, 0.1) is 0 Å². The number of fused-ring (bicyclic) bond motifs is 1. The molecular weight excluding hydrogens is 252 g/mol. The summed E-state index contributed by atoms with van der Waals surface area (Å²) in [5.74, 6) is 0.571. The van der Waals surface area contributed by atoms with Crippen molar-refractivity contribution in [2.45, 2.75) is 19.3 Å². The van der Waals surface area contributed by atoms with Crippen molar-refractivity contribution >= 4 is 11.0 Å². The molecule has 4 nitrogen and oxygen atoms in total. The van der Waals surface area contributed by atoms with Crippen LogP contribution in [-0.2, 0) is 13.2 Å². The molecule has 0 amide bonds. The smallest absolute Gasteiger partial charge is 0.135 e. The zero-order valence-corrected chi connectivity index (χ0v) is 11.0. The highest BCUT2D eigenvalue weighted by Crippen LogP contribution is 2.21. The van der Waals surface area contributed by atoms with Crippen LogP contribution in [0.1, 0.15) is 17.5 Å². The summed E-state index contributed by atoms with van der Waals surface area (Å²) in [7, 11) is 0. The fraction of sp³-hybridized carbons (Fsp3) is 0.188. The molecule has 0 spiro atoms. The molecule has 3 aromatic rings. The first-order chi connectivity index (χ1) is 9.79. The second kappa shape index (κ2) is 5.45. The predicted octanol–water partition coefficient (Wildman–Crippen LogP) is 2.26. The predicted molar refractivity (Wildman–Crippen MR) is 77.1 cm³/mol. The Morgan fingerprint density at radius 1 is 1.00 bits per heavy atom. The van der Waals surface area contributed by atoms with Gasteiger partial charge in [-0.3, -0.25) is 0 Å². The highest BCUT2D eigenvalue weighted by atomic mass is 16.3. The Kier molecular flexibility index (Phi) is 3.50. The van der Waals surface area contributed by atoms with Gasteiger partial charge in [0.15, 0.2) is 0 Å². The molecule has 0 aliphatic rings. The topological polar surface area (TPSA) is 58.3 Å². The first kappa shape index (κ1) is 12.8. The number of rotatable bonds is 4. The fourth-order valence-corrected chi connectivity index (χ4v) is 2.40. The molecule has 4 heteroatoms. The van der Waals surface area contributed by atoms with Crippen LogP contribution in [0.15, 0.2) is 54.6 Å². The number of imidazole rings is 1. The number of aliphatic hydroxyl groups is 2. The fourth-order valence-electron chi connectivity index (χ4n) is 2.40. The number of nitrogens with zero attached hydrogens (tertiary/aromatic N) is 2. The van der Waals surface area contributed by atoms with E-state index >= 15 is 0 Å². The van der Waals surface area contributed by atoms with Crippen molar-refractivity contribution in [1.82, 2.24) is 9.55 Å². The molecule has 0 saturated carbocycles. The number of benzene rings is 2. The number of aromatic nitrogens is 2. The average molecular weight is 268 g/mol. The molecule has 0 saturated heterocycles. The minimum atomic E-state index is -0.626. The number of para-hydroxylation sites is 2. The van der Waals surface area contributed by atoms with Gasteiger partial charge in [0.05, 0.1) is 23.7 Å². The number of aliphatic hydroxyl groups excluding tert-OH is 2. The Labute approximate surface area is 116 Å². The molecule has 1 heterocycles. The van der Waals surface area contributed by atoms with Crippen LogP contribution in [0.25, 0.3) is 11.0 Å². The molecule has 0 aliphatic carbocycles. The van der Waals surface area contributed by atoms with Gasteiger partial charge in [0.2, 0.25) is 0 Å². The van der Waals surface area contributed by atoms with E-state index in [9.17, 15) is 10.2 Å². The van der Waals surface area contributed by atoms with Crippen molar-refractivity contribution in [2.24, 2.45) is 0 Å². The Morgan fingerprint density at radius 2 is 1.70 bits per heavy atom. The summed E-state index contributed by atoms with van der Waals surface area (Å²) in [6.07, 6.45) is -0.626. The van der Waals surface area contributed by atoms with Crippen molar-refractivity contribution in [3.05, 3.63) is 66.0 Å². The molecule has 0 aliphatic heterocycles. The lowest BCUT2D eigenvalue weighted by Gasteiger charge is -2.14. The molecule has 2 N–H and O–H groups in total. The lowest BCUT2D eigenvalue weighted by atomic mass is 10.1. The first-order valence-corrected chi connectivity index (χ1v) is 6.57. The molecule has 20 heavy (non-hydrogen) atoms. The maximum Gasteiger partial charge on any atom is 0.135 e. The van der Waals surface area contributed by atoms with Crippen molar-refractivity contribution in [3.63, 3.8) is 0 Å². The van der Waals surface area contributed by atoms with Crippen LogP contribution in [0.4, 0.5) is 0 Å². The van der Waals surface area contributed by atoms with E-state index in [0.29, 0.717) is 12.4 Å². The van der Waals surface area contributed by atoms with Gasteiger partial charge in [-0.05, 0) is 17.7 Å². The monoisotopic (exact) mass is 268 g/mol. The van der Waals surface area contributed by atoms with Crippen molar-refractivity contribution in [2.75, 3.05) is 0 Å². The van der Waals surface area contributed by atoms with Gasteiger partial charge < -0.3 is 14.8 Å². The minimum absolute atomic E-state index is 0.143. The summed E-state index contributed by atoms with van der Waals surface area (Å²) in [6, 6.07) is 17.2. The van der Waals surface area contributed by atoms with Crippen LogP contribution in [0.5, 0.6) is 0 Å². The van der Waals surface area contributed by atoms with Gasteiger partial charge >= 0.3 is 0 Å². The van der Waals surface area contributed by atoms with Gasteiger partial charge in [-0.15, -0.1) is 0 Å². The second-order valence-electron chi connectivity index (χ2n) is 4.71. The zero-order chi connectivity index (χ0) is 13.9. The Morgan fingerprint density at radius 3 is 2.45 bits per heavy atom. The van der Waals surface area contributed by atoms with Gasteiger partial charge in [0.1, 0.15) is 12.4 Å². The summed E-state index contributed by atoms with van der Waals surface area (Å²) in [5, 5.41) is 19.8. The van der Waals surface area contributed by atoms with Crippen LogP contribution in [0.2, 0.25) is 0 Å². The number of hydrogen-bond donors (Lipinski definition) is 2. The molecule has 0 radical (unpaired) electrons. The molecule has 1 aromatic heterocycles. The lowest BCUT2D eigenvalue weighted by molar-refractivity contribution is 0.153. The lowest BCUT2D eigenvalue weighted by Crippen LogP contribution is -2.11. The molecule has 102 valence electrons. The summed E-state index contributed by atoms with van der Waals surface area (Å²) < 4.78 is 1.87. The SMILES string of the molecule is OCc1nc2ccccc2n1C[C@@H](O)c1ccccc1. The third-order valence-corrected chi connectivity index (χ3v) is 3.41. The highest BCUT2D eigenvalue weighted by molar-refractivity contribution is 5.75. The van der Waals surface area contributed by atoms with Gasteiger partial charge in [-0.1, -0.05) is 42.5 Å². The third-order valence-electron chi connectivity index (χ3n) is 3.41. The van der Waals surface area contributed by atoms with Crippen LogP contribution < -0.4 is 0 Å². The van der Waals surface area contributed by atoms with Crippen LogP contribution in [-0.4, -0.2) is 19.8 Å². The van der Waals surface area contributed by atoms with Crippen molar-refractivity contribution in [1.29, 1.82) is 0 Å². The molecular formula is C16H16N2O2. The van der Waals surface area contributed by atoms with E-state index in [-0.39, 0.29) is 6.61 Å². The van der Waals surface area contributed by atoms with Gasteiger partial charge in [0, 0.05) is 0 Å². The van der Waals surface area contributed by atoms with E-state index in [4.69, 9.17) is 0 Å². The molecule has 0 fully saturated rings. The Balaban J connectivity index is 1.98. The second-order valence-corrected chi connectivity index (χ2v) is 4.71. The van der Waals surface area contributed by atoms with Crippen molar-refractivity contribution < 1.29 is 10.2 Å². The van der Waals surface area contributed by atoms with Gasteiger partial charge in [-0.25, -0.2) is 4.98 Å².